The molecule has 1 saturated heterocycles. The number of aliphatic hydroxyl groups is 1. The smallest absolute Gasteiger partial charge is 0.272 e. The van der Waals surface area contributed by atoms with Crippen LogP contribution < -0.4 is 0 Å². The average Bonchev–Trinajstić information content (AvgIpc) is 2.60. The lowest BCUT2D eigenvalue weighted by Crippen LogP contribution is -2.53. The molecule has 0 radical (unpaired) electrons. The topological polar surface area (TPSA) is 56.7 Å². The van der Waals surface area contributed by atoms with E-state index in [1.807, 2.05) is 49.3 Å². The van der Waals surface area contributed by atoms with Gasteiger partial charge in [0, 0.05) is 37.0 Å². The summed E-state index contributed by atoms with van der Waals surface area (Å²) in [5, 5.41) is 10.6. The number of likely N-dealkylation sites (N-methyl/N-ethyl adjacent to an activating group) is 1. The fraction of sp³-hybridized carbons (Fsp3) is 0.444. The summed E-state index contributed by atoms with van der Waals surface area (Å²) < 4.78 is 0. The van der Waals surface area contributed by atoms with Crippen molar-refractivity contribution < 1.29 is 9.90 Å². The highest BCUT2D eigenvalue weighted by atomic mass is 16.3. The number of amides is 1. The Morgan fingerprint density at radius 2 is 2.09 bits per heavy atom. The molecule has 5 heteroatoms. The number of fused-ring (bicyclic) bond motifs is 1. The molecule has 0 unspecified atom stereocenters. The molecule has 2 heterocycles. The number of benzene rings is 1. The number of likely N-dealkylation sites (tertiary alicyclic amines) is 1. The molecule has 5 nitrogen and oxygen atoms in total. The highest BCUT2D eigenvalue weighted by Crippen LogP contribution is 2.22. The molecule has 2 aromatic rings. The van der Waals surface area contributed by atoms with E-state index in [2.05, 4.69) is 9.88 Å². The first-order chi connectivity index (χ1) is 11.1. The monoisotopic (exact) mass is 313 g/mol. The summed E-state index contributed by atoms with van der Waals surface area (Å²) in [5.41, 5.74) is 1.33. The molecule has 1 aromatic carbocycles. The van der Waals surface area contributed by atoms with E-state index < -0.39 is 0 Å². The van der Waals surface area contributed by atoms with E-state index >= 15 is 0 Å². The van der Waals surface area contributed by atoms with Gasteiger partial charge in [0.2, 0.25) is 0 Å². The molecule has 1 amide bonds. The number of aliphatic hydroxyl groups excluding tert-OH is 1. The van der Waals surface area contributed by atoms with E-state index in [-0.39, 0.29) is 24.5 Å². The van der Waals surface area contributed by atoms with Gasteiger partial charge in [-0.15, -0.1) is 0 Å². The van der Waals surface area contributed by atoms with Gasteiger partial charge in [-0.2, -0.15) is 0 Å². The number of carbonyl (C=O) groups is 1. The van der Waals surface area contributed by atoms with Gasteiger partial charge in [0.05, 0.1) is 5.52 Å². The first kappa shape index (κ1) is 15.9. The van der Waals surface area contributed by atoms with Crippen molar-refractivity contribution in [1.29, 1.82) is 0 Å². The van der Waals surface area contributed by atoms with Crippen LogP contribution in [0.3, 0.4) is 0 Å². The highest BCUT2D eigenvalue weighted by molar-refractivity contribution is 5.95. The van der Waals surface area contributed by atoms with Crippen LogP contribution in [0.25, 0.3) is 10.9 Å². The summed E-state index contributed by atoms with van der Waals surface area (Å²) >= 11 is 0. The molecule has 2 atom stereocenters. The van der Waals surface area contributed by atoms with E-state index in [0.717, 1.165) is 17.3 Å². The molecule has 0 spiro atoms. The molecule has 1 fully saturated rings. The van der Waals surface area contributed by atoms with Crippen LogP contribution in [0.1, 0.15) is 16.9 Å². The van der Waals surface area contributed by atoms with Crippen molar-refractivity contribution in [3.63, 3.8) is 0 Å². The Hall–Kier alpha value is -1.98. The number of carbonyl (C=O) groups excluding carboxylic acids is 1. The molecular weight excluding hydrogens is 290 g/mol. The van der Waals surface area contributed by atoms with E-state index in [1.165, 1.54) is 0 Å². The van der Waals surface area contributed by atoms with Crippen molar-refractivity contribution >= 4 is 16.8 Å². The van der Waals surface area contributed by atoms with Crippen molar-refractivity contribution in [2.24, 2.45) is 5.92 Å². The third kappa shape index (κ3) is 3.21. The van der Waals surface area contributed by atoms with Gasteiger partial charge in [0.15, 0.2) is 0 Å². The lowest BCUT2D eigenvalue weighted by atomic mass is 9.91. The van der Waals surface area contributed by atoms with E-state index in [9.17, 15) is 9.90 Å². The molecule has 0 aliphatic carbocycles. The highest BCUT2D eigenvalue weighted by Gasteiger charge is 2.33. The summed E-state index contributed by atoms with van der Waals surface area (Å²) in [6.07, 6.45) is 0.818. The van der Waals surface area contributed by atoms with Crippen LogP contribution in [0.4, 0.5) is 0 Å². The molecule has 1 aliphatic rings. The average molecular weight is 313 g/mol. The molecule has 122 valence electrons. The summed E-state index contributed by atoms with van der Waals surface area (Å²) in [6, 6.07) is 11.7. The van der Waals surface area contributed by atoms with Crippen LogP contribution >= 0.6 is 0 Å². The van der Waals surface area contributed by atoms with Gasteiger partial charge in [0.25, 0.3) is 5.91 Å². The van der Waals surface area contributed by atoms with Crippen LogP contribution in [0, 0.1) is 5.92 Å². The third-order valence-electron chi connectivity index (χ3n) is 4.72. The second-order valence-electron chi connectivity index (χ2n) is 6.40. The van der Waals surface area contributed by atoms with Crippen LogP contribution in [0.15, 0.2) is 36.4 Å². The molecule has 0 saturated carbocycles. The van der Waals surface area contributed by atoms with Crippen LogP contribution in [0.5, 0.6) is 0 Å². The van der Waals surface area contributed by atoms with Gasteiger partial charge in [-0.25, -0.2) is 4.98 Å². The second kappa shape index (κ2) is 6.64. The molecule has 3 rings (SSSR count). The summed E-state index contributed by atoms with van der Waals surface area (Å²) in [7, 11) is 3.99. The van der Waals surface area contributed by atoms with Crippen molar-refractivity contribution in [2.75, 3.05) is 33.8 Å². The number of pyridine rings is 1. The summed E-state index contributed by atoms with van der Waals surface area (Å²) in [6.45, 7) is 1.47. The Labute approximate surface area is 136 Å². The number of hydrogen-bond donors (Lipinski definition) is 1. The van der Waals surface area contributed by atoms with E-state index in [1.54, 1.807) is 6.07 Å². The summed E-state index contributed by atoms with van der Waals surface area (Å²) in [5.74, 6) is 0.192. The summed E-state index contributed by atoms with van der Waals surface area (Å²) in [4.78, 5) is 21.2. The SMILES string of the molecule is CN(C)[C@@H]1CN(C(=O)c2ccc3ccccc3n2)CC[C@@H]1CO. The molecular formula is C18H23N3O2. The number of para-hydroxylation sites is 1. The van der Waals surface area contributed by atoms with Gasteiger partial charge in [-0.05, 0) is 32.6 Å². The molecule has 1 aromatic heterocycles. The van der Waals surface area contributed by atoms with Gasteiger partial charge >= 0.3 is 0 Å². The normalized spacial score (nSPS) is 21.8. The van der Waals surface area contributed by atoms with Crippen molar-refractivity contribution in [1.82, 2.24) is 14.8 Å². The van der Waals surface area contributed by atoms with E-state index in [0.29, 0.717) is 18.8 Å². The standard InChI is InChI=1S/C18H23N3O2/c1-20(2)17-11-21(10-9-14(17)12-22)18(23)16-8-7-13-5-3-4-6-15(13)19-16/h3-8,14,17,22H,9-12H2,1-2H3/t14-,17-/m1/s1. The molecule has 1 N–H and O–H groups in total. The van der Waals surface area contributed by atoms with Gasteiger partial charge < -0.3 is 14.9 Å². The fourth-order valence-corrected chi connectivity index (χ4v) is 3.31. The Morgan fingerprint density at radius 3 is 2.83 bits per heavy atom. The predicted molar refractivity (Wildman–Crippen MR) is 90.3 cm³/mol. The quantitative estimate of drug-likeness (QED) is 0.935. The number of piperidine rings is 1. The first-order valence-electron chi connectivity index (χ1n) is 8.02. The predicted octanol–water partition coefficient (Wildman–Crippen LogP) is 1.62. The Bertz CT molecular complexity index is 701. The van der Waals surface area contributed by atoms with Gasteiger partial charge in [0.1, 0.15) is 5.69 Å². The largest absolute Gasteiger partial charge is 0.396 e. The zero-order valence-corrected chi connectivity index (χ0v) is 13.6. The minimum atomic E-state index is -0.0287. The zero-order valence-electron chi connectivity index (χ0n) is 13.6. The minimum absolute atomic E-state index is 0.0287. The van der Waals surface area contributed by atoms with Crippen LogP contribution in [-0.2, 0) is 0 Å². The maximum absolute atomic E-state index is 12.8. The number of aromatic nitrogens is 1. The van der Waals surface area contributed by atoms with Crippen molar-refractivity contribution in [2.45, 2.75) is 12.5 Å². The van der Waals surface area contributed by atoms with E-state index in [4.69, 9.17) is 0 Å². The van der Waals surface area contributed by atoms with Gasteiger partial charge in [-0.1, -0.05) is 24.3 Å². The Kier molecular flexibility index (Phi) is 4.59. The maximum atomic E-state index is 12.8. The Balaban J connectivity index is 1.81. The van der Waals surface area contributed by atoms with Crippen molar-refractivity contribution in [3.05, 3.63) is 42.1 Å². The fourth-order valence-electron chi connectivity index (χ4n) is 3.31. The van der Waals surface area contributed by atoms with Crippen LogP contribution in [-0.4, -0.2) is 65.6 Å². The lowest BCUT2D eigenvalue weighted by Gasteiger charge is -2.41. The number of nitrogens with zero attached hydrogens (tertiary/aromatic N) is 3. The molecule has 1 aliphatic heterocycles. The molecule has 23 heavy (non-hydrogen) atoms. The van der Waals surface area contributed by atoms with Gasteiger partial charge in [-0.3, -0.25) is 4.79 Å². The number of hydrogen-bond acceptors (Lipinski definition) is 4. The first-order valence-corrected chi connectivity index (χ1v) is 8.02. The third-order valence-corrected chi connectivity index (χ3v) is 4.72. The van der Waals surface area contributed by atoms with Crippen molar-refractivity contribution in [3.8, 4) is 0 Å². The Morgan fingerprint density at radius 1 is 1.30 bits per heavy atom. The maximum Gasteiger partial charge on any atom is 0.272 e. The lowest BCUT2D eigenvalue weighted by molar-refractivity contribution is 0.0375. The zero-order chi connectivity index (χ0) is 16.4. The molecule has 0 bridgehead atoms. The number of rotatable bonds is 3. The minimum Gasteiger partial charge on any atom is -0.396 e. The van der Waals surface area contributed by atoms with Crippen LogP contribution in [0.2, 0.25) is 0 Å². The second-order valence-corrected chi connectivity index (χ2v) is 6.40.